The maximum absolute atomic E-state index is 12.6. The van der Waals surface area contributed by atoms with Crippen LogP contribution in [0.15, 0.2) is 54.6 Å². The molecule has 1 aliphatic heterocycles. The minimum Gasteiger partial charge on any atom is -0.322 e. The SMILES string of the molecule is CCc1c(C(=O)ON2C(=O)c3ccccc3C2=O)nnn1Cc1ccccc1. The lowest BCUT2D eigenvalue weighted by Crippen LogP contribution is -2.33. The minimum atomic E-state index is -0.898. The molecule has 0 saturated heterocycles. The summed E-state index contributed by atoms with van der Waals surface area (Å²) in [6.07, 6.45) is 0.479. The zero-order valence-electron chi connectivity index (χ0n) is 15.0. The predicted octanol–water partition coefficient (Wildman–Crippen LogP) is 2.26. The van der Waals surface area contributed by atoms with Gasteiger partial charge in [-0.25, -0.2) is 9.48 Å². The molecular formula is C20H16N4O4. The van der Waals surface area contributed by atoms with Gasteiger partial charge in [-0.15, -0.1) is 5.10 Å². The van der Waals surface area contributed by atoms with E-state index in [-0.39, 0.29) is 16.8 Å². The van der Waals surface area contributed by atoms with Gasteiger partial charge in [0, 0.05) is 0 Å². The fraction of sp³-hybridized carbons (Fsp3) is 0.150. The summed E-state index contributed by atoms with van der Waals surface area (Å²) in [5.41, 5.74) is 1.94. The number of hydroxylamine groups is 2. The average Bonchev–Trinajstić information content (AvgIpc) is 3.23. The van der Waals surface area contributed by atoms with Gasteiger partial charge in [0.25, 0.3) is 11.8 Å². The van der Waals surface area contributed by atoms with Crippen LogP contribution in [-0.2, 0) is 17.8 Å². The molecule has 2 amide bonds. The van der Waals surface area contributed by atoms with Gasteiger partial charge in [0.15, 0.2) is 5.69 Å². The second-order valence-electron chi connectivity index (χ2n) is 6.21. The maximum Gasteiger partial charge on any atom is 0.385 e. The monoisotopic (exact) mass is 376 g/mol. The molecule has 1 aromatic heterocycles. The van der Waals surface area contributed by atoms with Gasteiger partial charge in [-0.2, -0.15) is 0 Å². The van der Waals surface area contributed by atoms with E-state index in [2.05, 4.69) is 10.3 Å². The molecular weight excluding hydrogens is 360 g/mol. The van der Waals surface area contributed by atoms with Crippen LogP contribution in [0.1, 0.15) is 49.4 Å². The van der Waals surface area contributed by atoms with E-state index in [9.17, 15) is 14.4 Å². The van der Waals surface area contributed by atoms with Gasteiger partial charge < -0.3 is 4.84 Å². The van der Waals surface area contributed by atoms with Gasteiger partial charge in [-0.05, 0) is 24.1 Å². The molecule has 4 rings (SSSR count). The summed E-state index contributed by atoms with van der Waals surface area (Å²) in [4.78, 5) is 42.4. The third kappa shape index (κ3) is 2.94. The summed E-state index contributed by atoms with van der Waals surface area (Å²) in [6, 6.07) is 15.9. The van der Waals surface area contributed by atoms with Crippen LogP contribution in [0.25, 0.3) is 0 Å². The molecule has 0 N–H and O–H groups in total. The third-order valence-corrected chi connectivity index (χ3v) is 4.47. The quantitative estimate of drug-likeness (QED) is 0.634. The van der Waals surface area contributed by atoms with Crippen LogP contribution in [0.5, 0.6) is 0 Å². The molecule has 1 aliphatic rings. The second kappa shape index (κ2) is 7.07. The Morgan fingerprint density at radius 1 is 0.964 bits per heavy atom. The molecule has 0 saturated carbocycles. The lowest BCUT2D eigenvalue weighted by molar-refractivity contribution is -0.0589. The first kappa shape index (κ1) is 17.6. The van der Waals surface area contributed by atoms with E-state index in [1.54, 1.807) is 16.8 Å². The maximum atomic E-state index is 12.6. The Kier molecular flexibility index (Phi) is 4.44. The first-order valence-corrected chi connectivity index (χ1v) is 8.76. The van der Waals surface area contributed by atoms with Crippen molar-refractivity contribution in [2.45, 2.75) is 19.9 Å². The van der Waals surface area contributed by atoms with E-state index in [1.807, 2.05) is 37.3 Å². The molecule has 140 valence electrons. The van der Waals surface area contributed by atoms with Crippen molar-refractivity contribution in [1.29, 1.82) is 0 Å². The van der Waals surface area contributed by atoms with E-state index < -0.39 is 17.8 Å². The van der Waals surface area contributed by atoms with E-state index in [4.69, 9.17) is 4.84 Å². The molecule has 8 nitrogen and oxygen atoms in total. The normalized spacial score (nSPS) is 13.0. The highest BCUT2D eigenvalue weighted by molar-refractivity contribution is 6.21. The summed E-state index contributed by atoms with van der Waals surface area (Å²) in [5.74, 6) is -2.25. The number of imide groups is 1. The van der Waals surface area contributed by atoms with E-state index in [1.165, 1.54) is 12.1 Å². The number of nitrogens with zero attached hydrogens (tertiary/aromatic N) is 4. The van der Waals surface area contributed by atoms with Crippen molar-refractivity contribution in [3.8, 4) is 0 Å². The number of aromatic nitrogens is 3. The Balaban J connectivity index is 1.56. The Labute approximate surface area is 160 Å². The molecule has 0 bridgehead atoms. The van der Waals surface area contributed by atoms with Gasteiger partial charge in [-0.1, -0.05) is 59.7 Å². The van der Waals surface area contributed by atoms with Crippen LogP contribution in [0.2, 0.25) is 0 Å². The molecule has 0 fully saturated rings. The highest BCUT2D eigenvalue weighted by Crippen LogP contribution is 2.23. The lowest BCUT2D eigenvalue weighted by atomic mass is 10.1. The fourth-order valence-electron chi connectivity index (χ4n) is 3.10. The zero-order chi connectivity index (χ0) is 19.7. The van der Waals surface area contributed by atoms with Crippen LogP contribution in [-0.4, -0.2) is 37.8 Å². The molecule has 0 spiro atoms. The number of rotatable bonds is 5. The Bertz CT molecular complexity index is 1040. The fourth-order valence-corrected chi connectivity index (χ4v) is 3.10. The number of fused-ring (bicyclic) bond motifs is 1. The average molecular weight is 376 g/mol. The van der Waals surface area contributed by atoms with Gasteiger partial charge in [0.05, 0.1) is 23.4 Å². The Hall–Kier alpha value is -3.81. The Morgan fingerprint density at radius 3 is 2.18 bits per heavy atom. The minimum absolute atomic E-state index is 0.0185. The zero-order valence-corrected chi connectivity index (χ0v) is 15.0. The summed E-state index contributed by atoms with van der Waals surface area (Å²) in [6.45, 7) is 2.30. The van der Waals surface area contributed by atoms with Crippen LogP contribution in [0.3, 0.4) is 0 Å². The molecule has 0 atom stereocenters. The standard InChI is InChI=1S/C20H16N4O4/c1-2-16-17(21-22-23(16)12-13-8-4-3-5-9-13)20(27)28-24-18(25)14-10-6-7-11-15(14)19(24)26/h3-11H,2,12H2,1H3. The van der Waals surface area contributed by atoms with Crippen LogP contribution in [0, 0.1) is 0 Å². The predicted molar refractivity (Wildman–Crippen MR) is 97.3 cm³/mol. The first-order valence-electron chi connectivity index (χ1n) is 8.76. The molecule has 0 unspecified atom stereocenters. The van der Waals surface area contributed by atoms with Gasteiger partial charge in [0.2, 0.25) is 0 Å². The van der Waals surface area contributed by atoms with Crippen molar-refractivity contribution >= 4 is 17.8 Å². The number of hydrogen-bond donors (Lipinski definition) is 0. The molecule has 3 aromatic rings. The number of hydrogen-bond acceptors (Lipinski definition) is 6. The van der Waals surface area contributed by atoms with Crippen molar-refractivity contribution in [3.63, 3.8) is 0 Å². The largest absolute Gasteiger partial charge is 0.385 e. The highest BCUT2D eigenvalue weighted by atomic mass is 16.7. The summed E-state index contributed by atoms with van der Waals surface area (Å²) in [7, 11) is 0. The van der Waals surface area contributed by atoms with E-state index in [0.29, 0.717) is 23.7 Å². The molecule has 2 heterocycles. The van der Waals surface area contributed by atoms with Crippen molar-refractivity contribution < 1.29 is 19.2 Å². The number of carbonyl (C=O) groups excluding carboxylic acids is 3. The lowest BCUT2D eigenvalue weighted by Gasteiger charge is -2.12. The smallest absolute Gasteiger partial charge is 0.322 e. The number of carbonyl (C=O) groups is 3. The molecule has 8 heteroatoms. The Morgan fingerprint density at radius 2 is 1.57 bits per heavy atom. The van der Waals surface area contributed by atoms with Gasteiger partial charge in [0.1, 0.15) is 0 Å². The molecule has 0 radical (unpaired) electrons. The van der Waals surface area contributed by atoms with E-state index >= 15 is 0 Å². The van der Waals surface area contributed by atoms with Crippen LogP contribution >= 0.6 is 0 Å². The number of benzene rings is 2. The van der Waals surface area contributed by atoms with Crippen LogP contribution in [0.4, 0.5) is 0 Å². The summed E-state index contributed by atoms with van der Waals surface area (Å²) in [5, 5.41) is 8.42. The van der Waals surface area contributed by atoms with Crippen molar-refractivity contribution in [3.05, 3.63) is 82.7 Å². The van der Waals surface area contributed by atoms with Crippen molar-refractivity contribution in [2.24, 2.45) is 0 Å². The first-order chi connectivity index (χ1) is 13.6. The second-order valence-corrected chi connectivity index (χ2v) is 6.21. The van der Waals surface area contributed by atoms with E-state index in [0.717, 1.165) is 5.56 Å². The van der Waals surface area contributed by atoms with Crippen LogP contribution < -0.4 is 0 Å². The van der Waals surface area contributed by atoms with Crippen molar-refractivity contribution in [1.82, 2.24) is 20.1 Å². The summed E-state index contributed by atoms with van der Waals surface area (Å²) < 4.78 is 1.61. The molecule has 28 heavy (non-hydrogen) atoms. The number of amides is 2. The topological polar surface area (TPSA) is 94.4 Å². The third-order valence-electron chi connectivity index (χ3n) is 4.47. The molecule has 0 aliphatic carbocycles. The molecule has 2 aromatic carbocycles. The highest BCUT2D eigenvalue weighted by Gasteiger charge is 2.39. The summed E-state index contributed by atoms with van der Waals surface area (Å²) >= 11 is 0. The van der Waals surface area contributed by atoms with Gasteiger partial charge in [-0.3, -0.25) is 9.59 Å². The van der Waals surface area contributed by atoms with Gasteiger partial charge >= 0.3 is 5.97 Å². The van der Waals surface area contributed by atoms with Crippen molar-refractivity contribution in [2.75, 3.05) is 0 Å².